The number of rotatable bonds is 4. The molecule has 1 aliphatic heterocycles. The van der Waals surface area contributed by atoms with Crippen molar-refractivity contribution in [1.29, 1.82) is 0 Å². The molecule has 1 aromatic rings. The summed E-state index contributed by atoms with van der Waals surface area (Å²) in [6.07, 6.45) is 5.87. The van der Waals surface area contributed by atoms with Gasteiger partial charge in [0.1, 0.15) is 5.82 Å². The molecule has 1 fully saturated rings. The first-order chi connectivity index (χ1) is 8.25. The van der Waals surface area contributed by atoms with E-state index in [9.17, 15) is 0 Å². The molecule has 2 heterocycles. The average Bonchev–Trinajstić information content (AvgIpc) is 2.38. The van der Waals surface area contributed by atoms with Gasteiger partial charge in [-0.2, -0.15) is 16.7 Å². The third kappa shape index (κ3) is 3.77. The number of nitrogens with zero attached hydrogens (tertiary/aromatic N) is 3. The summed E-state index contributed by atoms with van der Waals surface area (Å²) in [5.41, 5.74) is 0. The first-order valence-electron chi connectivity index (χ1n) is 6.11. The van der Waals surface area contributed by atoms with Gasteiger partial charge in [-0.3, -0.25) is 0 Å². The fraction of sp³-hybridized carbons (Fsp3) is 0.667. The summed E-state index contributed by atoms with van der Waals surface area (Å²) in [6.45, 7) is 1.01. The zero-order valence-corrected chi connectivity index (χ0v) is 11.3. The monoisotopic (exact) mass is 252 g/mol. The molecule has 4 nitrogen and oxygen atoms in total. The van der Waals surface area contributed by atoms with Gasteiger partial charge in [0.05, 0.1) is 0 Å². The van der Waals surface area contributed by atoms with Crippen molar-refractivity contribution in [2.45, 2.75) is 24.5 Å². The van der Waals surface area contributed by atoms with E-state index >= 15 is 0 Å². The van der Waals surface area contributed by atoms with Crippen molar-refractivity contribution in [2.24, 2.45) is 0 Å². The van der Waals surface area contributed by atoms with Gasteiger partial charge in [0.25, 0.3) is 0 Å². The SMILES string of the molecule is CN(C)c1nccc(NCC2CCCCS2)n1. The van der Waals surface area contributed by atoms with Crippen molar-refractivity contribution in [2.75, 3.05) is 36.6 Å². The summed E-state index contributed by atoms with van der Waals surface area (Å²) in [5.74, 6) is 2.99. The first kappa shape index (κ1) is 12.5. The van der Waals surface area contributed by atoms with Gasteiger partial charge in [-0.25, -0.2) is 4.98 Å². The molecule has 1 N–H and O–H groups in total. The molecule has 5 heteroatoms. The lowest BCUT2D eigenvalue weighted by molar-refractivity contribution is 0.677. The van der Waals surface area contributed by atoms with Crippen LogP contribution in [0.3, 0.4) is 0 Å². The third-order valence-electron chi connectivity index (χ3n) is 2.83. The standard InChI is InChI=1S/C12H20N4S/c1-16(2)12-13-7-6-11(15-12)14-9-10-5-3-4-8-17-10/h6-7,10H,3-5,8-9H2,1-2H3,(H,13,14,15). The van der Waals surface area contributed by atoms with E-state index in [2.05, 4.69) is 27.0 Å². The lowest BCUT2D eigenvalue weighted by Crippen LogP contribution is -2.21. The largest absolute Gasteiger partial charge is 0.369 e. The van der Waals surface area contributed by atoms with Gasteiger partial charge in [0, 0.05) is 32.1 Å². The van der Waals surface area contributed by atoms with Crippen molar-refractivity contribution in [3.63, 3.8) is 0 Å². The molecule has 1 aromatic heterocycles. The Bertz CT molecular complexity index is 350. The van der Waals surface area contributed by atoms with Crippen LogP contribution in [0.25, 0.3) is 0 Å². The maximum absolute atomic E-state index is 4.45. The van der Waals surface area contributed by atoms with Crippen molar-refractivity contribution in [1.82, 2.24) is 9.97 Å². The van der Waals surface area contributed by atoms with E-state index in [-0.39, 0.29) is 0 Å². The fourth-order valence-electron chi connectivity index (χ4n) is 1.85. The molecule has 0 saturated carbocycles. The minimum atomic E-state index is 0.738. The van der Waals surface area contributed by atoms with Gasteiger partial charge >= 0.3 is 0 Å². The lowest BCUT2D eigenvalue weighted by Gasteiger charge is -2.21. The highest BCUT2D eigenvalue weighted by Gasteiger charge is 2.13. The van der Waals surface area contributed by atoms with E-state index in [1.807, 2.05) is 25.1 Å². The minimum Gasteiger partial charge on any atom is -0.369 e. The number of hydrogen-bond donors (Lipinski definition) is 1. The molecule has 0 aromatic carbocycles. The second-order valence-electron chi connectivity index (χ2n) is 4.51. The van der Waals surface area contributed by atoms with Crippen LogP contribution in [-0.4, -0.2) is 41.6 Å². The van der Waals surface area contributed by atoms with Gasteiger partial charge in [0.2, 0.25) is 5.95 Å². The van der Waals surface area contributed by atoms with Gasteiger partial charge in [-0.05, 0) is 24.7 Å². The molecule has 17 heavy (non-hydrogen) atoms. The van der Waals surface area contributed by atoms with Crippen molar-refractivity contribution in [3.05, 3.63) is 12.3 Å². The summed E-state index contributed by atoms with van der Waals surface area (Å²) in [7, 11) is 3.91. The zero-order valence-electron chi connectivity index (χ0n) is 10.5. The second kappa shape index (κ2) is 6.10. The predicted molar refractivity (Wildman–Crippen MR) is 74.9 cm³/mol. The molecule has 0 bridgehead atoms. The van der Waals surface area contributed by atoms with Crippen molar-refractivity contribution < 1.29 is 0 Å². The molecule has 1 saturated heterocycles. The highest BCUT2D eigenvalue weighted by Crippen LogP contribution is 2.25. The summed E-state index contributed by atoms with van der Waals surface area (Å²) >= 11 is 2.08. The van der Waals surface area contributed by atoms with Gasteiger partial charge < -0.3 is 10.2 Å². The summed E-state index contributed by atoms with van der Waals surface area (Å²) in [6, 6.07) is 1.93. The highest BCUT2D eigenvalue weighted by molar-refractivity contribution is 7.99. The van der Waals surface area contributed by atoms with Crippen LogP contribution in [0.15, 0.2) is 12.3 Å². The molecule has 1 atom stereocenters. The van der Waals surface area contributed by atoms with E-state index < -0.39 is 0 Å². The zero-order chi connectivity index (χ0) is 12.1. The summed E-state index contributed by atoms with van der Waals surface area (Å²) in [4.78, 5) is 10.6. The number of aromatic nitrogens is 2. The Balaban J connectivity index is 1.87. The highest BCUT2D eigenvalue weighted by atomic mass is 32.2. The number of thioether (sulfide) groups is 1. The average molecular weight is 252 g/mol. The van der Waals surface area contributed by atoms with Gasteiger partial charge in [0.15, 0.2) is 0 Å². The molecule has 94 valence electrons. The maximum Gasteiger partial charge on any atom is 0.226 e. The number of hydrogen-bond acceptors (Lipinski definition) is 5. The normalized spacial score (nSPS) is 20.0. The number of anilines is 2. The molecule has 2 rings (SSSR count). The molecule has 1 unspecified atom stereocenters. The van der Waals surface area contributed by atoms with Crippen LogP contribution in [0.2, 0.25) is 0 Å². The minimum absolute atomic E-state index is 0.738. The Kier molecular flexibility index (Phi) is 4.48. The second-order valence-corrected chi connectivity index (χ2v) is 5.91. The molecule has 0 aliphatic carbocycles. The van der Waals surface area contributed by atoms with Crippen molar-refractivity contribution in [3.8, 4) is 0 Å². The van der Waals surface area contributed by atoms with Gasteiger partial charge in [-0.1, -0.05) is 6.42 Å². The van der Waals surface area contributed by atoms with E-state index in [1.165, 1.54) is 25.0 Å². The van der Waals surface area contributed by atoms with Crippen molar-refractivity contribution >= 4 is 23.5 Å². The quantitative estimate of drug-likeness (QED) is 0.890. The van der Waals surface area contributed by atoms with Crippen LogP contribution in [0.5, 0.6) is 0 Å². The van der Waals surface area contributed by atoms with Crippen LogP contribution in [-0.2, 0) is 0 Å². The van der Waals surface area contributed by atoms with E-state index in [0.717, 1.165) is 23.6 Å². The van der Waals surface area contributed by atoms with E-state index in [1.54, 1.807) is 6.20 Å². The Morgan fingerprint density at radius 2 is 2.35 bits per heavy atom. The van der Waals surface area contributed by atoms with Crippen LogP contribution in [0.4, 0.5) is 11.8 Å². The summed E-state index contributed by atoms with van der Waals surface area (Å²) < 4.78 is 0. The Morgan fingerprint density at radius 1 is 1.47 bits per heavy atom. The lowest BCUT2D eigenvalue weighted by atomic mass is 10.2. The van der Waals surface area contributed by atoms with Gasteiger partial charge in [-0.15, -0.1) is 0 Å². The maximum atomic E-state index is 4.45. The molecule has 0 spiro atoms. The smallest absolute Gasteiger partial charge is 0.226 e. The third-order valence-corrected chi connectivity index (χ3v) is 4.23. The molecule has 0 radical (unpaired) electrons. The molecular formula is C12H20N4S. The Labute approximate surface area is 107 Å². The fourth-order valence-corrected chi connectivity index (χ4v) is 3.09. The van der Waals surface area contributed by atoms with Crippen LogP contribution < -0.4 is 10.2 Å². The topological polar surface area (TPSA) is 41.1 Å². The Morgan fingerprint density at radius 3 is 3.06 bits per heavy atom. The Hall–Kier alpha value is -0.970. The van der Waals surface area contributed by atoms with Crippen LogP contribution in [0, 0.1) is 0 Å². The van der Waals surface area contributed by atoms with E-state index in [4.69, 9.17) is 0 Å². The summed E-state index contributed by atoms with van der Waals surface area (Å²) in [5, 5.41) is 4.15. The predicted octanol–water partition coefficient (Wildman–Crippen LogP) is 2.24. The molecule has 0 amide bonds. The first-order valence-corrected chi connectivity index (χ1v) is 7.16. The van der Waals surface area contributed by atoms with Crippen LogP contribution >= 0.6 is 11.8 Å². The number of nitrogens with one attached hydrogen (secondary N) is 1. The molecular weight excluding hydrogens is 232 g/mol. The molecule has 1 aliphatic rings. The van der Waals surface area contributed by atoms with Crippen LogP contribution in [0.1, 0.15) is 19.3 Å². The van der Waals surface area contributed by atoms with E-state index in [0.29, 0.717) is 0 Å².